The Hall–Kier alpha value is -2.36. The second-order valence-electron chi connectivity index (χ2n) is 5.69. The van der Waals surface area contributed by atoms with Gasteiger partial charge in [0.25, 0.3) is 5.69 Å². The van der Waals surface area contributed by atoms with Crippen LogP contribution in [-0.2, 0) is 0 Å². The lowest BCUT2D eigenvalue weighted by Crippen LogP contribution is -2.50. The average molecular weight is 452 g/mol. The molecule has 2 aromatic rings. The van der Waals surface area contributed by atoms with E-state index in [1.54, 1.807) is 17.0 Å². The number of hydrogen-bond acceptors (Lipinski definition) is 4. The number of nitro benzene ring substituents is 1. The van der Waals surface area contributed by atoms with Crippen LogP contribution in [0.3, 0.4) is 0 Å². The van der Waals surface area contributed by atoms with E-state index in [4.69, 9.17) is 0 Å². The first-order valence-corrected chi connectivity index (χ1v) is 8.92. The summed E-state index contributed by atoms with van der Waals surface area (Å²) >= 11 is 2.21. The van der Waals surface area contributed by atoms with Crippen molar-refractivity contribution in [1.29, 1.82) is 0 Å². The highest BCUT2D eigenvalue weighted by Crippen LogP contribution is 2.21. The molecule has 0 unspecified atom stereocenters. The Morgan fingerprint density at radius 3 is 2.36 bits per heavy atom. The van der Waals surface area contributed by atoms with Gasteiger partial charge >= 0.3 is 6.03 Å². The normalized spacial score (nSPS) is 14.3. The highest BCUT2D eigenvalue weighted by molar-refractivity contribution is 14.1. The second-order valence-corrected chi connectivity index (χ2v) is 6.93. The molecule has 1 aliphatic rings. The van der Waals surface area contributed by atoms with Gasteiger partial charge in [-0.3, -0.25) is 10.1 Å². The smallest absolute Gasteiger partial charge is 0.321 e. The van der Waals surface area contributed by atoms with Gasteiger partial charge in [-0.2, -0.15) is 0 Å². The van der Waals surface area contributed by atoms with Crippen molar-refractivity contribution in [3.8, 4) is 0 Å². The predicted molar refractivity (Wildman–Crippen MR) is 105 cm³/mol. The molecule has 0 spiro atoms. The highest BCUT2D eigenvalue weighted by atomic mass is 127. The fraction of sp³-hybridized carbons (Fsp3) is 0.235. The van der Waals surface area contributed by atoms with Gasteiger partial charge in [-0.15, -0.1) is 0 Å². The van der Waals surface area contributed by atoms with Crippen LogP contribution < -0.4 is 10.2 Å². The Morgan fingerprint density at radius 1 is 1.08 bits per heavy atom. The molecule has 25 heavy (non-hydrogen) atoms. The number of nitrogens with one attached hydrogen (secondary N) is 1. The van der Waals surface area contributed by atoms with Crippen LogP contribution >= 0.6 is 22.6 Å². The minimum atomic E-state index is -0.406. The number of anilines is 2. The second kappa shape index (κ2) is 7.68. The summed E-state index contributed by atoms with van der Waals surface area (Å²) in [6, 6.07) is 14.1. The molecule has 3 rings (SSSR count). The first kappa shape index (κ1) is 17.5. The Balaban J connectivity index is 1.56. The van der Waals surface area contributed by atoms with E-state index in [9.17, 15) is 14.9 Å². The van der Waals surface area contributed by atoms with Gasteiger partial charge in [-0.05, 0) is 52.9 Å². The number of carbonyl (C=O) groups is 1. The van der Waals surface area contributed by atoms with E-state index in [0.29, 0.717) is 26.2 Å². The van der Waals surface area contributed by atoms with E-state index in [1.807, 2.05) is 24.3 Å². The lowest BCUT2D eigenvalue weighted by Gasteiger charge is -2.36. The zero-order chi connectivity index (χ0) is 17.8. The fourth-order valence-corrected chi connectivity index (χ4v) is 3.26. The van der Waals surface area contributed by atoms with Crippen LogP contribution in [0.2, 0.25) is 0 Å². The first-order chi connectivity index (χ1) is 12.0. The van der Waals surface area contributed by atoms with Crippen molar-refractivity contribution in [1.82, 2.24) is 4.90 Å². The van der Waals surface area contributed by atoms with Crippen molar-refractivity contribution >= 4 is 45.7 Å². The van der Waals surface area contributed by atoms with Gasteiger partial charge in [0.15, 0.2) is 0 Å². The molecule has 0 saturated carbocycles. The number of benzene rings is 2. The van der Waals surface area contributed by atoms with Crippen LogP contribution in [0.4, 0.5) is 21.9 Å². The highest BCUT2D eigenvalue weighted by Gasteiger charge is 2.21. The largest absolute Gasteiger partial charge is 0.368 e. The molecule has 8 heteroatoms. The summed E-state index contributed by atoms with van der Waals surface area (Å²) in [5.41, 5.74) is 1.80. The van der Waals surface area contributed by atoms with E-state index in [2.05, 4.69) is 32.8 Å². The zero-order valence-electron chi connectivity index (χ0n) is 13.4. The number of urea groups is 1. The maximum absolute atomic E-state index is 12.4. The maximum Gasteiger partial charge on any atom is 0.321 e. The third-order valence-electron chi connectivity index (χ3n) is 4.07. The number of halogens is 1. The summed E-state index contributed by atoms with van der Waals surface area (Å²) in [6.07, 6.45) is 0. The first-order valence-electron chi connectivity index (χ1n) is 7.84. The van der Waals surface area contributed by atoms with Gasteiger partial charge in [-0.1, -0.05) is 6.07 Å². The standard InChI is InChI=1S/C17H17IN4O3/c18-13-2-1-3-14(12-13)19-17(23)21-10-8-20(9-11-21)15-4-6-16(7-5-15)22(24)25/h1-7,12H,8-11H2,(H,19,23). The third-order valence-corrected chi connectivity index (χ3v) is 4.74. The van der Waals surface area contributed by atoms with Crippen molar-refractivity contribution in [3.63, 3.8) is 0 Å². The minimum Gasteiger partial charge on any atom is -0.368 e. The molecule has 1 fully saturated rings. The topological polar surface area (TPSA) is 78.7 Å². The van der Waals surface area contributed by atoms with Crippen LogP contribution in [0.25, 0.3) is 0 Å². The number of nitro groups is 1. The van der Waals surface area contributed by atoms with Crippen LogP contribution in [0, 0.1) is 13.7 Å². The number of hydrogen-bond donors (Lipinski definition) is 1. The number of carbonyl (C=O) groups excluding carboxylic acids is 1. The molecule has 2 aromatic carbocycles. The third kappa shape index (κ3) is 4.38. The molecule has 1 N–H and O–H groups in total. The van der Waals surface area contributed by atoms with E-state index in [0.717, 1.165) is 14.9 Å². The van der Waals surface area contributed by atoms with Crippen LogP contribution in [0.5, 0.6) is 0 Å². The van der Waals surface area contributed by atoms with E-state index >= 15 is 0 Å². The summed E-state index contributed by atoms with van der Waals surface area (Å²) in [7, 11) is 0. The molecule has 130 valence electrons. The predicted octanol–water partition coefficient (Wildman–Crippen LogP) is 3.55. The zero-order valence-corrected chi connectivity index (χ0v) is 15.5. The molecule has 2 amide bonds. The van der Waals surface area contributed by atoms with E-state index in [-0.39, 0.29) is 11.7 Å². The SMILES string of the molecule is O=C(Nc1cccc(I)c1)N1CCN(c2ccc([N+](=O)[O-])cc2)CC1. The van der Waals surface area contributed by atoms with E-state index in [1.165, 1.54) is 12.1 Å². The van der Waals surface area contributed by atoms with Gasteiger partial charge in [0.2, 0.25) is 0 Å². The molecular weight excluding hydrogens is 435 g/mol. The average Bonchev–Trinajstić information content (AvgIpc) is 2.62. The molecule has 7 nitrogen and oxygen atoms in total. The summed E-state index contributed by atoms with van der Waals surface area (Å²) in [5.74, 6) is 0. The van der Waals surface area contributed by atoms with Crippen molar-refractivity contribution in [2.24, 2.45) is 0 Å². The molecule has 0 aromatic heterocycles. The Labute approximate surface area is 158 Å². The van der Waals surface area contributed by atoms with Crippen LogP contribution in [-0.4, -0.2) is 42.0 Å². The molecular formula is C17H17IN4O3. The Bertz CT molecular complexity index is 774. The van der Waals surface area contributed by atoms with Gasteiger partial charge in [0.1, 0.15) is 0 Å². The van der Waals surface area contributed by atoms with Gasteiger partial charge < -0.3 is 15.1 Å². The van der Waals surface area contributed by atoms with Crippen molar-refractivity contribution < 1.29 is 9.72 Å². The van der Waals surface area contributed by atoms with Gasteiger partial charge in [0.05, 0.1) is 4.92 Å². The van der Waals surface area contributed by atoms with Crippen molar-refractivity contribution in [2.45, 2.75) is 0 Å². The van der Waals surface area contributed by atoms with Crippen LogP contribution in [0.15, 0.2) is 48.5 Å². The number of piperazine rings is 1. The number of amides is 2. The van der Waals surface area contributed by atoms with Crippen LogP contribution in [0.1, 0.15) is 0 Å². The molecule has 0 radical (unpaired) electrons. The Kier molecular flexibility index (Phi) is 5.37. The molecule has 1 saturated heterocycles. The Morgan fingerprint density at radius 2 is 1.76 bits per heavy atom. The molecule has 1 aliphatic heterocycles. The molecule has 0 atom stereocenters. The van der Waals surface area contributed by atoms with Gasteiger partial charge in [0, 0.05) is 53.3 Å². The number of non-ortho nitro benzene ring substituents is 1. The molecule has 0 aliphatic carbocycles. The number of rotatable bonds is 3. The minimum absolute atomic E-state index is 0.0826. The fourth-order valence-electron chi connectivity index (χ4n) is 2.72. The lowest BCUT2D eigenvalue weighted by molar-refractivity contribution is -0.384. The summed E-state index contributed by atoms with van der Waals surface area (Å²) < 4.78 is 1.07. The monoisotopic (exact) mass is 452 g/mol. The molecule has 0 bridgehead atoms. The number of nitrogens with zero attached hydrogens (tertiary/aromatic N) is 3. The van der Waals surface area contributed by atoms with Crippen molar-refractivity contribution in [2.75, 3.05) is 36.4 Å². The molecule has 1 heterocycles. The lowest BCUT2D eigenvalue weighted by atomic mass is 10.2. The van der Waals surface area contributed by atoms with E-state index < -0.39 is 4.92 Å². The summed E-state index contributed by atoms with van der Waals surface area (Å²) in [6.45, 7) is 2.59. The summed E-state index contributed by atoms with van der Waals surface area (Å²) in [4.78, 5) is 26.6. The summed E-state index contributed by atoms with van der Waals surface area (Å²) in [5, 5.41) is 13.6. The van der Waals surface area contributed by atoms with Gasteiger partial charge in [-0.25, -0.2) is 4.79 Å². The van der Waals surface area contributed by atoms with Crippen molar-refractivity contribution in [3.05, 3.63) is 62.2 Å². The quantitative estimate of drug-likeness (QED) is 0.439. The maximum atomic E-state index is 12.4.